The fourth-order valence-electron chi connectivity index (χ4n) is 6.26. The Bertz CT molecular complexity index is 1480. The number of likely N-dealkylation sites (tertiary alicyclic amines) is 1. The molecule has 6 heteroatoms. The van der Waals surface area contributed by atoms with Gasteiger partial charge in [0.05, 0.1) is 18.2 Å². The van der Waals surface area contributed by atoms with E-state index < -0.39 is 11.1 Å². The van der Waals surface area contributed by atoms with Crippen molar-refractivity contribution in [1.82, 2.24) is 14.8 Å². The summed E-state index contributed by atoms with van der Waals surface area (Å²) in [6.45, 7) is 4.98. The van der Waals surface area contributed by atoms with E-state index in [9.17, 15) is 10.1 Å². The minimum atomic E-state index is -0.666. The number of aromatic amines is 1. The molecule has 1 aromatic heterocycles. The Morgan fingerprint density at radius 1 is 0.919 bits per heavy atom. The maximum absolute atomic E-state index is 13.5. The minimum Gasteiger partial charge on any atom is -0.440 e. The van der Waals surface area contributed by atoms with E-state index in [-0.39, 0.29) is 6.09 Å². The van der Waals surface area contributed by atoms with Gasteiger partial charge in [-0.05, 0) is 35.7 Å². The highest BCUT2D eigenvalue weighted by Gasteiger charge is 2.63. The lowest BCUT2D eigenvalue weighted by atomic mass is 9.70. The molecule has 3 aromatic carbocycles. The van der Waals surface area contributed by atoms with Crippen molar-refractivity contribution in [3.63, 3.8) is 0 Å². The molecular weight excluding hydrogens is 460 g/mol. The summed E-state index contributed by atoms with van der Waals surface area (Å²) in [5.41, 5.74) is 3.60. The zero-order valence-corrected chi connectivity index (χ0v) is 21.0. The van der Waals surface area contributed by atoms with E-state index in [1.807, 2.05) is 47.4 Å². The summed E-state index contributed by atoms with van der Waals surface area (Å²) in [4.78, 5) is 21.2. The first kappa shape index (κ1) is 23.3. The second kappa shape index (κ2) is 9.10. The van der Waals surface area contributed by atoms with Crippen molar-refractivity contribution in [3.8, 4) is 6.07 Å². The zero-order chi connectivity index (χ0) is 25.5. The zero-order valence-electron chi connectivity index (χ0n) is 21.0. The summed E-state index contributed by atoms with van der Waals surface area (Å²) in [5, 5.41) is 10.9. The van der Waals surface area contributed by atoms with E-state index in [0.717, 1.165) is 49.1 Å². The van der Waals surface area contributed by atoms with Gasteiger partial charge in [0.25, 0.3) is 0 Å². The van der Waals surface area contributed by atoms with E-state index >= 15 is 0 Å². The number of carbonyl (C=O) groups is 1. The Morgan fingerprint density at radius 2 is 1.62 bits per heavy atom. The van der Waals surface area contributed by atoms with Gasteiger partial charge in [0.2, 0.25) is 0 Å². The molecular formula is C31H30N4O2. The van der Waals surface area contributed by atoms with E-state index in [1.54, 1.807) is 6.07 Å². The van der Waals surface area contributed by atoms with Crippen molar-refractivity contribution >= 4 is 17.0 Å². The van der Waals surface area contributed by atoms with Crippen LogP contribution in [0.5, 0.6) is 0 Å². The van der Waals surface area contributed by atoms with Crippen LogP contribution in [0.3, 0.4) is 0 Å². The lowest BCUT2D eigenvalue weighted by Crippen LogP contribution is -2.58. The Balaban J connectivity index is 1.30. The van der Waals surface area contributed by atoms with Crippen molar-refractivity contribution in [2.45, 2.75) is 44.0 Å². The molecule has 1 amide bonds. The molecule has 3 heterocycles. The molecule has 4 aromatic rings. The minimum absolute atomic E-state index is 0.316. The first-order chi connectivity index (χ1) is 18.0. The van der Waals surface area contributed by atoms with Crippen LogP contribution >= 0.6 is 0 Å². The van der Waals surface area contributed by atoms with Crippen molar-refractivity contribution in [2.24, 2.45) is 0 Å². The summed E-state index contributed by atoms with van der Waals surface area (Å²) >= 11 is 0. The summed E-state index contributed by atoms with van der Waals surface area (Å²) in [6, 6.07) is 28.4. The third kappa shape index (κ3) is 3.78. The number of piperidine rings is 1. The van der Waals surface area contributed by atoms with Gasteiger partial charge in [0, 0.05) is 49.6 Å². The number of carbonyl (C=O) groups excluding carboxylic acids is 1. The first-order valence-corrected chi connectivity index (χ1v) is 12.9. The average Bonchev–Trinajstić information content (AvgIpc) is 3.43. The van der Waals surface area contributed by atoms with Crippen LogP contribution in [0.2, 0.25) is 0 Å². The number of H-pyrrole nitrogens is 1. The number of amides is 1. The summed E-state index contributed by atoms with van der Waals surface area (Å²) < 4.78 is 6.34. The number of benzene rings is 3. The van der Waals surface area contributed by atoms with Crippen LogP contribution in [0.1, 0.15) is 42.0 Å². The van der Waals surface area contributed by atoms with Gasteiger partial charge >= 0.3 is 6.09 Å². The van der Waals surface area contributed by atoms with Crippen LogP contribution < -0.4 is 0 Å². The molecule has 0 aliphatic carbocycles. The molecule has 1 unspecified atom stereocenters. The molecule has 0 saturated carbocycles. The number of nitrogens with one attached hydrogen (secondary N) is 1. The lowest BCUT2D eigenvalue weighted by Gasteiger charge is -2.48. The fraction of sp³-hybridized carbons (Fsp3) is 0.290. The molecule has 1 N–H and O–H groups in total. The van der Waals surface area contributed by atoms with Crippen molar-refractivity contribution < 1.29 is 9.53 Å². The molecule has 2 fully saturated rings. The fourth-order valence-corrected chi connectivity index (χ4v) is 6.26. The smallest absolute Gasteiger partial charge is 0.411 e. The standard InChI is InChI=1S/C31H30N4O2/c1-30(26-11-3-2-4-12-26)31(37-29(36)35(30)22-24-10-6-5-9-23(24)19-32)15-17-34(18-16-31)21-25-20-33-28-14-8-7-13-27(25)28/h2-14,20,33H,15-18,21-22H2,1H3. The van der Waals surface area contributed by atoms with E-state index in [0.29, 0.717) is 12.1 Å². The van der Waals surface area contributed by atoms with Crippen molar-refractivity contribution in [2.75, 3.05) is 13.1 Å². The molecule has 6 nitrogen and oxygen atoms in total. The highest BCUT2D eigenvalue weighted by Crippen LogP contribution is 2.52. The Hall–Kier alpha value is -4.08. The second-order valence-electron chi connectivity index (χ2n) is 10.3. The highest BCUT2D eigenvalue weighted by atomic mass is 16.6. The predicted octanol–water partition coefficient (Wildman–Crippen LogP) is 5.94. The molecule has 0 bridgehead atoms. The van der Waals surface area contributed by atoms with Gasteiger partial charge < -0.3 is 9.72 Å². The molecule has 186 valence electrons. The molecule has 1 spiro atoms. The van der Waals surface area contributed by atoms with Gasteiger partial charge in [0.15, 0.2) is 0 Å². The second-order valence-corrected chi connectivity index (χ2v) is 10.3. The Morgan fingerprint density at radius 3 is 2.41 bits per heavy atom. The van der Waals surface area contributed by atoms with Gasteiger partial charge in [-0.3, -0.25) is 9.80 Å². The SMILES string of the molecule is CC1(c2ccccc2)N(Cc2ccccc2C#N)C(=O)OC12CCN(Cc1c[nH]c3ccccc13)CC2. The van der Waals surface area contributed by atoms with Gasteiger partial charge in [-0.1, -0.05) is 66.7 Å². The monoisotopic (exact) mass is 490 g/mol. The quantitative estimate of drug-likeness (QED) is 0.376. The topological polar surface area (TPSA) is 72.4 Å². The Labute approximate surface area is 217 Å². The van der Waals surface area contributed by atoms with Gasteiger partial charge in [0.1, 0.15) is 11.1 Å². The predicted molar refractivity (Wildman–Crippen MR) is 143 cm³/mol. The lowest BCUT2D eigenvalue weighted by molar-refractivity contribution is -0.0613. The van der Waals surface area contributed by atoms with Crippen LogP contribution in [0.25, 0.3) is 10.9 Å². The third-order valence-electron chi connectivity index (χ3n) is 8.46. The third-order valence-corrected chi connectivity index (χ3v) is 8.46. The maximum atomic E-state index is 13.5. The summed E-state index contributed by atoms with van der Waals surface area (Å²) in [6.07, 6.45) is 3.27. The van der Waals surface area contributed by atoms with Crippen molar-refractivity contribution in [3.05, 3.63) is 107 Å². The summed E-state index contributed by atoms with van der Waals surface area (Å²) in [7, 11) is 0. The van der Waals surface area contributed by atoms with Crippen molar-refractivity contribution in [1.29, 1.82) is 5.26 Å². The average molecular weight is 491 g/mol. The summed E-state index contributed by atoms with van der Waals surface area (Å²) in [5.74, 6) is 0. The first-order valence-electron chi connectivity index (χ1n) is 12.9. The number of hydrogen-bond donors (Lipinski definition) is 1. The number of rotatable bonds is 5. The van der Waals surface area contributed by atoms with Crippen LogP contribution in [-0.2, 0) is 23.4 Å². The largest absolute Gasteiger partial charge is 0.440 e. The van der Waals surface area contributed by atoms with E-state index in [4.69, 9.17) is 4.74 Å². The van der Waals surface area contributed by atoms with E-state index in [1.165, 1.54) is 10.9 Å². The van der Waals surface area contributed by atoms with Gasteiger partial charge in [-0.15, -0.1) is 0 Å². The normalized spacial score (nSPS) is 21.3. The number of nitrogens with zero attached hydrogens (tertiary/aromatic N) is 3. The number of hydrogen-bond acceptors (Lipinski definition) is 4. The number of ether oxygens (including phenoxy) is 1. The number of fused-ring (bicyclic) bond motifs is 1. The number of aromatic nitrogens is 1. The van der Waals surface area contributed by atoms with Crippen LogP contribution in [0, 0.1) is 11.3 Å². The molecule has 6 rings (SSSR count). The van der Waals surface area contributed by atoms with Crippen LogP contribution in [0.15, 0.2) is 85.1 Å². The highest BCUT2D eigenvalue weighted by molar-refractivity contribution is 5.83. The van der Waals surface area contributed by atoms with E-state index in [2.05, 4.69) is 59.4 Å². The van der Waals surface area contributed by atoms with Gasteiger partial charge in [-0.2, -0.15) is 5.26 Å². The van der Waals surface area contributed by atoms with Gasteiger partial charge in [-0.25, -0.2) is 4.79 Å². The molecule has 2 saturated heterocycles. The molecule has 1 atom stereocenters. The maximum Gasteiger partial charge on any atom is 0.411 e. The number of nitriles is 1. The van der Waals surface area contributed by atoms with Crippen LogP contribution in [-0.4, -0.2) is 39.6 Å². The molecule has 37 heavy (non-hydrogen) atoms. The Kier molecular flexibility index (Phi) is 5.73. The molecule has 0 radical (unpaired) electrons. The number of para-hydroxylation sites is 1. The van der Waals surface area contributed by atoms with Crippen LogP contribution in [0.4, 0.5) is 4.79 Å². The molecule has 2 aliphatic rings. The molecule has 2 aliphatic heterocycles.